The average molecular weight is 443 g/mol. The Labute approximate surface area is 180 Å². The Morgan fingerprint density at radius 1 is 1.10 bits per heavy atom. The summed E-state index contributed by atoms with van der Waals surface area (Å²) in [5, 5.41) is 8.73. The second-order valence-corrected chi connectivity index (χ2v) is 9.85. The first-order valence-electron chi connectivity index (χ1n) is 9.62. The van der Waals surface area contributed by atoms with Crippen molar-refractivity contribution in [2.75, 3.05) is 38.1 Å². The molecule has 0 radical (unpaired) electrons. The minimum atomic E-state index is -4.05. The van der Waals surface area contributed by atoms with E-state index >= 15 is 0 Å². The number of benzene rings is 2. The van der Waals surface area contributed by atoms with E-state index in [0.29, 0.717) is 35.0 Å². The monoisotopic (exact) mass is 442 g/mol. The van der Waals surface area contributed by atoms with Crippen LogP contribution in [0, 0.1) is 11.3 Å². The van der Waals surface area contributed by atoms with Crippen molar-refractivity contribution in [3.8, 4) is 6.07 Å². The number of para-hydroxylation sites is 2. The molecule has 1 saturated heterocycles. The first-order valence-corrected chi connectivity index (χ1v) is 11.5. The van der Waals surface area contributed by atoms with Crippen LogP contribution in [0.4, 0.5) is 5.82 Å². The normalized spacial score (nSPS) is 16.4. The Hall–Kier alpha value is -2.73. The minimum absolute atomic E-state index is 0.00900. The summed E-state index contributed by atoms with van der Waals surface area (Å²) in [7, 11) is -1.93. The molecule has 1 aliphatic heterocycles. The van der Waals surface area contributed by atoms with Crippen LogP contribution in [0.5, 0.6) is 0 Å². The Bertz CT molecular complexity index is 1230. The quantitative estimate of drug-likeness (QED) is 0.660. The van der Waals surface area contributed by atoms with Crippen molar-refractivity contribution in [1.82, 2.24) is 9.97 Å². The van der Waals surface area contributed by atoms with E-state index in [-0.39, 0.29) is 10.6 Å². The van der Waals surface area contributed by atoms with E-state index in [9.17, 15) is 13.7 Å². The maximum atomic E-state index is 13.4. The molecule has 7 nitrogen and oxygen atoms in total. The van der Waals surface area contributed by atoms with Gasteiger partial charge in [-0.2, -0.15) is 5.26 Å². The topological polar surface area (TPSA) is 91.4 Å². The van der Waals surface area contributed by atoms with Crippen LogP contribution in [-0.2, 0) is 9.84 Å². The number of nitrogens with zero attached hydrogens (tertiary/aromatic N) is 4. The molecule has 9 heteroatoms. The van der Waals surface area contributed by atoms with Crippen LogP contribution in [0.2, 0.25) is 5.02 Å². The molecule has 0 amide bonds. The van der Waals surface area contributed by atoms with Gasteiger partial charge in [0.2, 0.25) is 9.84 Å². The van der Waals surface area contributed by atoms with Gasteiger partial charge < -0.3 is 9.80 Å². The lowest BCUT2D eigenvalue weighted by molar-refractivity contribution is -0.880. The highest BCUT2D eigenvalue weighted by atomic mass is 35.5. The Morgan fingerprint density at radius 2 is 1.77 bits per heavy atom. The number of sulfone groups is 1. The summed E-state index contributed by atoms with van der Waals surface area (Å²) in [4.78, 5) is 12.8. The third kappa shape index (κ3) is 3.84. The lowest BCUT2D eigenvalue weighted by atomic mass is 10.2. The summed E-state index contributed by atoms with van der Waals surface area (Å²) in [6, 6.07) is 15.2. The molecule has 2 aromatic carbocycles. The molecule has 1 fully saturated rings. The lowest BCUT2D eigenvalue weighted by Gasteiger charge is -2.32. The second kappa shape index (κ2) is 8.19. The van der Waals surface area contributed by atoms with Crippen LogP contribution in [0.15, 0.2) is 53.4 Å². The highest BCUT2D eigenvalue weighted by molar-refractivity contribution is 7.92. The fourth-order valence-corrected chi connectivity index (χ4v) is 5.25. The number of halogens is 1. The van der Waals surface area contributed by atoms with Gasteiger partial charge in [0, 0.05) is 5.02 Å². The Balaban J connectivity index is 1.89. The largest absolute Gasteiger partial charge is 0.344 e. The summed E-state index contributed by atoms with van der Waals surface area (Å²) in [6.07, 6.45) is 0. The van der Waals surface area contributed by atoms with Crippen molar-refractivity contribution < 1.29 is 13.3 Å². The number of anilines is 1. The number of hydrogen-bond acceptors (Lipinski definition) is 6. The molecule has 0 spiro atoms. The molecule has 30 heavy (non-hydrogen) atoms. The Kier molecular flexibility index (Phi) is 5.60. The van der Waals surface area contributed by atoms with Crippen molar-refractivity contribution in [3.05, 3.63) is 59.2 Å². The zero-order chi connectivity index (χ0) is 21.3. The van der Waals surface area contributed by atoms with Gasteiger partial charge in [-0.3, -0.25) is 0 Å². The van der Waals surface area contributed by atoms with E-state index in [4.69, 9.17) is 16.6 Å². The maximum Gasteiger partial charge on any atom is 0.200 e. The second-order valence-electron chi connectivity index (χ2n) is 7.38. The highest BCUT2D eigenvalue weighted by Gasteiger charge is 2.35. The molecule has 3 aromatic rings. The van der Waals surface area contributed by atoms with Crippen LogP contribution in [0.1, 0.15) is 10.9 Å². The molecular formula is C21H21ClN5O2S+. The van der Waals surface area contributed by atoms with Crippen molar-refractivity contribution in [2.24, 2.45) is 0 Å². The number of likely N-dealkylation sites (N-methyl/N-ethyl adjacent to an activating group) is 1. The number of hydrogen-bond donors (Lipinski definition) is 1. The first-order chi connectivity index (χ1) is 14.4. The molecule has 1 N–H and O–H groups in total. The molecule has 1 aliphatic rings. The van der Waals surface area contributed by atoms with Crippen LogP contribution in [0.25, 0.3) is 11.0 Å². The Morgan fingerprint density at radius 3 is 2.40 bits per heavy atom. The highest BCUT2D eigenvalue weighted by Crippen LogP contribution is 2.34. The molecule has 0 bridgehead atoms. The third-order valence-corrected chi connectivity index (χ3v) is 7.39. The zero-order valence-electron chi connectivity index (χ0n) is 16.4. The fraction of sp³-hybridized carbons (Fsp3) is 0.286. The van der Waals surface area contributed by atoms with Gasteiger partial charge in [0.1, 0.15) is 5.69 Å². The van der Waals surface area contributed by atoms with Crippen molar-refractivity contribution in [1.29, 1.82) is 5.26 Å². The minimum Gasteiger partial charge on any atom is -0.344 e. The van der Waals surface area contributed by atoms with Gasteiger partial charge in [-0.25, -0.2) is 18.4 Å². The number of rotatable bonds is 4. The van der Waals surface area contributed by atoms with Gasteiger partial charge in [-0.1, -0.05) is 29.8 Å². The summed E-state index contributed by atoms with van der Waals surface area (Å²) in [6.45, 7) is 3.21. The van der Waals surface area contributed by atoms with Crippen molar-refractivity contribution in [3.63, 3.8) is 0 Å². The molecule has 0 unspecified atom stereocenters. The van der Waals surface area contributed by atoms with Gasteiger partial charge in [0.25, 0.3) is 0 Å². The smallest absolute Gasteiger partial charge is 0.200 e. The summed E-state index contributed by atoms with van der Waals surface area (Å²) >= 11 is 6.00. The molecule has 0 saturated carbocycles. The molecule has 2 heterocycles. The van der Waals surface area contributed by atoms with E-state index in [1.807, 2.05) is 29.2 Å². The van der Waals surface area contributed by atoms with E-state index in [2.05, 4.69) is 12.0 Å². The summed E-state index contributed by atoms with van der Waals surface area (Å²) in [5.41, 5.74) is 1.38. The fourth-order valence-electron chi connectivity index (χ4n) is 3.57. The number of fused-ring (bicyclic) bond motifs is 1. The van der Waals surface area contributed by atoms with Crippen LogP contribution < -0.4 is 9.80 Å². The number of nitriles is 1. The van der Waals surface area contributed by atoms with Crippen LogP contribution in [-0.4, -0.2) is 51.6 Å². The van der Waals surface area contributed by atoms with Crippen molar-refractivity contribution >= 4 is 38.3 Å². The standard InChI is InChI=1S/C21H20ClN5O2S/c1-26-9-11-27(12-10-26)21-20(24-17-7-2-3-8-18(17)25-21)19(14-23)30(28,29)16-6-4-5-15(22)13-16/h2-8,13,19H,9-12H2,1H3/p+1/t19-/m0/s1. The molecular weight excluding hydrogens is 422 g/mol. The third-order valence-electron chi connectivity index (χ3n) is 5.30. The number of quaternary nitrogens is 1. The van der Waals surface area contributed by atoms with Crippen LogP contribution >= 0.6 is 11.6 Å². The number of aromatic nitrogens is 2. The van der Waals surface area contributed by atoms with E-state index in [0.717, 1.165) is 13.1 Å². The molecule has 1 atom stereocenters. The lowest BCUT2D eigenvalue weighted by Crippen LogP contribution is -3.12. The van der Waals surface area contributed by atoms with Gasteiger partial charge in [0.15, 0.2) is 11.1 Å². The molecule has 1 aromatic heterocycles. The zero-order valence-corrected chi connectivity index (χ0v) is 18.0. The molecule has 154 valence electrons. The summed E-state index contributed by atoms with van der Waals surface area (Å²) < 4.78 is 26.7. The average Bonchev–Trinajstić information content (AvgIpc) is 2.74. The predicted octanol–water partition coefficient (Wildman–Crippen LogP) is 1.66. The van der Waals surface area contributed by atoms with Crippen LogP contribution in [0.3, 0.4) is 0 Å². The van der Waals surface area contributed by atoms with E-state index in [1.54, 1.807) is 18.2 Å². The van der Waals surface area contributed by atoms with Gasteiger partial charge in [0.05, 0.1) is 55.2 Å². The maximum absolute atomic E-state index is 13.4. The molecule has 4 rings (SSSR count). The van der Waals surface area contributed by atoms with E-state index in [1.165, 1.54) is 17.0 Å². The van der Waals surface area contributed by atoms with E-state index < -0.39 is 15.1 Å². The van der Waals surface area contributed by atoms with Gasteiger partial charge >= 0.3 is 0 Å². The predicted molar refractivity (Wildman–Crippen MR) is 115 cm³/mol. The summed E-state index contributed by atoms with van der Waals surface area (Å²) in [5.74, 6) is 0.457. The number of nitrogens with one attached hydrogen (secondary N) is 1. The first kappa shape index (κ1) is 20.5. The van der Waals surface area contributed by atoms with Crippen molar-refractivity contribution in [2.45, 2.75) is 10.1 Å². The van der Waals surface area contributed by atoms with Gasteiger partial charge in [-0.05, 0) is 30.3 Å². The SMILES string of the molecule is C[NH+]1CCN(c2nc3ccccc3nc2[C@H](C#N)S(=O)(=O)c2cccc(Cl)c2)CC1. The molecule has 0 aliphatic carbocycles. The number of piperazine rings is 1. The van der Waals surface area contributed by atoms with Gasteiger partial charge in [-0.15, -0.1) is 0 Å².